The SMILES string of the molecule is NCCn1cnc(-c2nc(C3CC3)no2)c1. The molecule has 16 heavy (non-hydrogen) atoms. The molecular formula is C10H13N5O. The molecule has 2 aromatic rings. The van der Waals surface area contributed by atoms with Crippen LogP contribution < -0.4 is 5.73 Å². The van der Waals surface area contributed by atoms with Crippen molar-refractivity contribution >= 4 is 0 Å². The molecular weight excluding hydrogens is 206 g/mol. The fraction of sp³-hybridized carbons (Fsp3) is 0.500. The Morgan fingerprint density at radius 1 is 1.50 bits per heavy atom. The van der Waals surface area contributed by atoms with E-state index < -0.39 is 0 Å². The average Bonchev–Trinajstić information content (AvgIpc) is 2.85. The highest BCUT2D eigenvalue weighted by molar-refractivity contribution is 5.44. The Kier molecular flexibility index (Phi) is 2.21. The van der Waals surface area contributed by atoms with Crippen LogP contribution >= 0.6 is 0 Å². The predicted octanol–water partition coefficient (Wildman–Crippen LogP) is 0.769. The van der Waals surface area contributed by atoms with Crippen LogP contribution in [0.15, 0.2) is 17.0 Å². The minimum absolute atomic E-state index is 0.498. The molecule has 2 aromatic heterocycles. The van der Waals surface area contributed by atoms with Gasteiger partial charge in [-0.15, -0.1) is 0 Å². The number of rotatable bonds is 4. The summed E-state index contributed by atoms with van der Waals surface area (Å²) in [5.41, 5.74) is 6.18. The Morgan fingerprint density at radius 3 is 3.12 bits per heavy atom. The molecule has 0 aliphatic heterocycles. The van der Waals surface area contributed by atoms with Gasteiger partial charge in [-0.1, -0.05) is 5.16 Å². The van der Waals surface area contributed by atoms with Crippen molar-refractivity contribution in [2.75, 3.05) is 6.54 Å². The highest BCUT2D eigenvalue weighted by Gasteiger charge is 2.29. The summed E-state index contributed by atoms with van der Waals surface area (Å²) in [4.78, 5) is 8.54. The molecule has 2 N–H and O–H groups in total. The average molecular weight is 219 g/mol. The monoisotopic (exact) mass is 219 g/mol. The first-order valence-corrected chi connectivity index (χ1v) is 5.42. The van der Waals surface area contributed by atoms with Crippen molar-refractivity contribution in [1.29, 1.82) is 0 Å². The number of imidazole rings is 1. The van der Waals surface area contributed by atoms with Crippen molar-refractivity contribution in [2.45, 2.75) is 25.3 Å². The molecule has 0 radical (unpaired) electrons. The number of nitrogens with zero attached hydrogens (tertiary/aromatic N) is 4. The molecule has 1 fully saturated rings. The molecule has 6 nitrogen and oxygen atoms in total. The third-order valence-corrected chi connectivity index (χ3v) is 2.62. The quantitative estimate of drug-likeness (QED) is 0.821. The standard InChI is InChI=1S/C10H13N5O/c11-3-4-15-5-8(12-6-15)10-13-9(14-16-10)7-1-2-7/h5-7H,1-4,11H2. The normalized spacial score (nSPS) is 15.6. The molecule has 0 aromatic carbocycles. The van der Waals surface area contributed by atoms with Crippen LogP contribution in [-0.4, -0.2) is 26.2 Å². The lowest BCUT2D eigenvalue weighted by Crippen LogP contribution is -2.07. The van der Waals surface area contributed by atoms with Gasteiger partial charge in [0.25, 0.3) is 5.89 Å². The second-order valence-corrected chi connectivity index (χ2v) is 4.02. The molecule has 0 spiro atoms. The van der Waals surface area contributed by atoms with Crippen molar-refractivity contribution in [1.82, 2.24) is 19.7 Å². The number of nitrogens with two attached hydrogens (primary N) is 1. The van der Waals surface area contributed by atoms with Crippen LogP contribution in [0, 0.1) is 0 Å². The van der Waals surface area contributed by atoms with Gasteiger partial charge in [0.15, 0.2) is 5.82 Å². The van der Waals surface area contributed by atoms with Crippen LogP contribution in [0.3, 0.4) is 0 Å². The van der Waals surface area contributed by atoms with Crippen molar-refractivity contribution in [2.24, 2.45) is 5.73 Å². The molecule has 1 aliphatic rings. The van der Waals surface area contributed by atoms with Gasteiger partial charge in [0.2, 0.25) is 0 Å². The lowest BCUT2D eigenvalue weighted by molar-refractivity contribution is 0.421. The zero-order valence-electron chi connectivity index (χ0n) is 8.83. The molecule has 3 rings (SSSR count). The number of hydrogen-bond acceptors (Lipinski definition) is 5. The van der Waals surface area contributed by atoms with Crippen molar-refractivity contribution in [3.63, 3.8) is 0 Å². The Labute approximate surface area is 92.5 Å². The molecule has 0 atom stereocenters. The molecule has 1 saturated carbocycles. The highest BCUT2D eigenvalue weighted by atomic mass is 16.5. The van der Waals surface area contributed by atoms with Gasteiger partial charge in [-0.3, -0.25) is 0 Å². The largest absolute Gasteiger partial charge is 0.335 e. The summed E-state index contributed by atoms with van der Waals surface area (Å²) in [5.74, 6) is 1.81. The summed E-state index contributed by atoms with van der Waals surface area (Å²) in [7, 11) is 0. The van der Waals surface area contributed by atoms with Gasteiger partial charge in [0.1, 0.15) is 5.69 Å². The minimum atomic E-state index is 0.498. The van der Waals surface area contributed by atoms with Crippen molar-refractivity contribution in [3.8, 4) is 11.6 Å². The lowest BCUT2D eigenvalue weighted by Gasteiger charge is -1.94. The van der Waals surface area contributed by atoms with Crippen LogP contribution in [0.4, 0.5) is 0 Å². The Balaban J connectivity index is 1.83. The summed E-state index contributed by atoms with van der Waals surface area (Å²) in [6, 6.07) is 0. The van der Waals surface area contributed by atoms with Gasteiger partial charge in [0.05, 0.1) is 6.33 Å². The lowest BCUT2D eigenvalue weighted by atomic mass is 10.4. The van der Waals surface area contributed by atoms with Crippen LogP contribution in [0.2, 0.25) is 0 Å². The summed E-state index contributed by atoms with van der Waals surface area (Å²) in [5, 5.41) is 3.95. The first-order chi connectivity index (χ1) is 7.86. The molecule has 1 aliphatic carbocycles. The fourth-order valence-electron chi connectivity index (χ4n) is 1.59. The van der Waals surface area contributed by atoms with Gasteiger partial charge >= 0.3 is 0 Å². The van der Waals surface area contributed by atoms with Gasteiger partial charge in [0, 0.05) is 25.2 Å². The maximum absolute atomic E-state index is 5.46. The second kappa shape index (κ2) is 3.71. The van der Waals surface area contributed by atoms with Crippen LogP contribution in [0.5, 0.6) is 0 Å². The smallest absolute Gasteiger partial charge is 0.278 e. The summed E-state index contributed by atoms with van der Waals surface area (Å²) in [6.45, 7) is 1.34. The Morgan fingerprint density at radius 2 is 2.38 bits per heavy atom. The number of hydrogen-bond donors (Lipinski definition) is 1. The van der Waals surface area contributed by atoms with E-state index in [0.29, 0.717) is 24.0 Å². The van der Waals surface area contributed by atoms with E-state index in [9.17, 15) is 0 Å². The summed E-state index contributed by atoms with van der Waals surface area (Å²) >= 11 is 0. The highest BCUT2D eigenvalue weighted by Crippen LogP contribution is 2.38. The van der Waals surface area contributed by atoms with E-state index in [0.717, 1.165) is 12.4 Å². The number of aromatic nitrogens is 4. The Bertz CT molecular complexity index is 485. The molecule has 0 amide bonds. The van der Waals surface area contributed by atoms with Crippen LogP contribution in [0.1, 0.15) is 24.6 Å². The maximum Gasteiger partial charge on any atom is 0.278 e. The topological polar surface area (TPSA) is 82.8 Å². The predicted molar refractivity (Wildman–Crippen MR) is 56.5 cm³/mol. The van der Waals surface area contributed by atoms with E-state index in [2.05, 4.69) is 15.1 Å². The third kappa shape index (κ3) is 1.71. The van der Waals surface area contributed by atoms with E-state index in [1.807, 2.05) is 10.8 Å². The molecule has 0 saturated heterocycles. The minimum Gasteiger partial charge on any atom is -0.335 e. The third-order valence-electron chi connectivity index (χ3n) is 2.62. The molecule has 0 bridgehead atoms. The van der Waals surface area contributed by atoms with Crippen molar-refractivity contribution in [3.05, 3.63) is 18.3 Å². The first kappa shape index (κ1) is 9.53. The molecule has 6 heteroatoms. The summed E-state index contributed by atoms with van der Waals surface area (Å²) in [6.07, 6.45) is 5.93. The van der Waals surface area contributed by atoms with E-state index in [-0.39, 0.29) is 0 Å². The van der Waals surface area contributed by atoms with E-state index in [4.69, 9.17) is 10.3 Å². The molecule has 2 heterocycles. The van der Waals surface area contributed by atoms with Gasteiger partial charge < -0.3 is 14.8 Å². The molecule has 0 unspecified atom stereocenters. The van der Waals surface area contributed by atoms with Gasteiger partial charge in [-0.2, -0.15) is 4.98 Å². The van der Waals surface area contributed by atoms with Crippen LogP contribution in [-0.2, 0) is 6.54 Å². The van der Waals surface area contributed by atoms with E-state index in [1.54, 1.807) is 6.33 Å². The van der Waals surface area contributed by atoms with Crippen molar-refractivity contribution < 1.29 is 4.52 Å². The van der Waals surface area contributed by atoms with E-state index >= 15 is 0 Å². The second-order valence-electron chi connectivity index (χ2n) is 4.02. The van der Waals surface area contributed by atoms with E-state index in [1.165, 1.54) is 12.8 Å². The Hall–Kier alpha value is -1.69. The van der Waals surface area contributed by atoms with Gasteiger partial charge in [-0.05, 0) is 12.8 Å². The first-order valence-electron chi connectivity index (χ1n) is 5.42. The zero-order chi connectivity index (χ0) is 11.0. The maximum atomic E-state index is 5.46. The summed E-state index contributed by atoms with van der Waals surface area (Å²) < 4.78 is 7.09. The van der Waals surface area contributed by atoms with Crippen LogP contribution in [0.25, 0.3) is 11.6 Å². The zero-order valence-corrected chi connectivity index (χ0v) is 8.83. The van der Waals surface area contributed by atoms with Gasteiger partial charge in [-0.25, -0.2) is 4.98 Å². The molecule has 84 valence electrons. The fourth-order valence-corrected chi connectivity index (χ4v) is 1.59.